The standard InChI is InChI=1S/C13H17Cl2N3O/c1-18-4-2-9(3-5-18)17-13(19)8-6-10(14)12(15)11(16)7-8/h6-7,9H,2-5,16H2,1H3,(H,17,19). The number of piperidine rings is 1. The molecule has 0 radical (unpaired) electrons. The van der Waals surface area contributed by atoms with E-state index in [9.17, 15) is 4.79 Å². The molecule has 0 atom stereocenters. The van der Waals surface area contributed by atoms with E-state index in [1.807, 2.05) is 0 Å². The number of likely N-dealkylation sites (tertiary alicyclic amines) is 1. The number of benzene rings is 1. The van der Waals surface area contributed by atoms with E-state index >= 15 is 0 Å². The molecule has 1 aliphatic rings. The molecule has 1 aromatic carbocycles. The van der Waals surface area contributed by atoms with Crippen molar-refractivity contribution < 1.29 is 4.79 Å². The van der Waals surface area contributed by atoms with Gasteiger partial charge in [0.2, 0.25) is 0 Å². The summed E-state index contributed by atoms with van der Waals surface area (Å²) in [5.41, 5.74) is 6.48. The molecule has 0 aliphatic carbocycles. The zero-order chi connectivity index (χ0) is 14.0. The smallest absolute Gasteiger partial charge is 0.251 e. The third-order valence-corrected chi connectivity index (χ3v) is 4.19. The Balaban J connectivity index is 2.04. The minimum atomic E-state index is -0.153. The Morgan fingerprint density at radius 3 is 2.58 bits per heavy atom. The molecule has 1 aliphatic heterocycles. The Morgan fingerprint density at radius 1 is 1.37 bits per heavy atom. The van der Waals surface area contributed by atoms with Crippen molar-refractivity contribution in [2.75, 3.05) is 25.9 Å². The lowest BCUT2D eigenvalue weighted by molar-refractivity contribution is 0.0917. The number of hydrogen-bond acceptors (Lipinski definition) is 3. The fourth-order valence-corrected chi connectivity index (χ4v) is 2.50. The summed E-state index contributed by atoms with van der Waals surface area (Å²) in [4.78, 5) is 14.4. The van der Waals surface area contributed by atoms with Crippen LogP contribution in [0.2, 0.25) is 10.0 Å². The number of nitrogens with two attached hydrogens (primary N) is 1. The molecular weight excluding hydrogens is 285 g/mol. The first-order chi connectivity index (χ1) is 8.97. The van der Waals surface area contributed by atoms with Crippen molar-refractivity contribution in [3.05, 3.63) is 27.7 Å². The fraction of sp³-hybridized carbons (Fsp3) is 0.462. The summed E-state index contributed by atoms with van der Waals surface area (Å²) in [5.74, 6) is -0.153. The zero-order valence-electron chi connectivity index (χ0n) is 10.7. The molecule has 6 heteroatoms. The number of carbonyl (C=O) groups is 1. The normalized spacial score (nSPS) is 17.4. The topological polar surface area (TPSA) is 58.4 Å². The second kappa shape index (κ2) is 5.99. The third-order valence-electron chi connectivity index (χ3n) is 3.37. The van der Waals surface area contributed by atoms with Crippen LogP contribution >= 0.6 is 23.2 Å². The van der Waals surface area contributed by atoms with E-state index < -0.39 is 0 Å². The molecule has 0 bridgehead atoms. The highest BCUT2D eigenvalue weighted by atomic mass is 35.5. The van der Waals surface area contributed by atoms with Gasteiger partial charge in [0.25, 0.3) is 5.91 Å². The minimum absolute atomic E-state index is 0.153. The van der Waals surface area contributed by atoms with Gasteiger partial charge < -0.3 is 16.0 Å². The van der Waals surface area contributed by atoms with Crippen LogP contribution in [0.3, 0.4) is 0 Å². The fourth-order valence-electron chi connectivity index (χ4n) is 2.16. The van der Waals surface area contributed by atoms with Gasteiger partial charge in [-0.15, -0.1) is 0 Å². The van der Waals surface area contributed by atoms with Crippen molar-refractivity contribution >= 4 is 34.8 Å². The van der Waals surface area contributed by atoms with Crippen LogP contribution < -0.4 is 11.1 Å². The van der Waals surface area contributed by atoms with Crippen molar-refractivity contribution in [2.45, 2.75) is 18.9 Å². The Kier molecular flexibility index (Phi) is 4.55. The van der Waals surface area contributed by atoms with Crippen LogP contribution in [0.15, 0.2) is 12.1 Å². The van der Waals surface area contributed by atoms with Crippen molar-refractivity contribution in [2.24, 2.45) is 0 Å². The van der Waals surface area contributed by atoms with Crippen LogP contribution in [0, 0.1) is 0 Å². The Morgan fingerprint density at radius 2 is 2.00 bits per heavy atom. The molecule has 1 amide bonds. The van der Waals surface area contributed by atoms with Crippen molar-refractivity contribution in [3.63, 3.8) is 0 Å². The van der Waals surface area contributed by atoms with Crippen molar-refractivity contribution in [1.82, 2.24) is 10.2 Å². The summed E-state index contributed by atoms with van der Waals surface area (Å²) in [5, 5.41) is 3.60. The van der Waals surface area contributed by atoms with Gasteiger partial charge in [-0.25, -0.2) is 0 Å². The van der Waals surface area contributed by atoms with Gasteiger partial charge in [-0.2, -0.15) is 0 Å². The monoisotopic (exact) mass is 301 g/mol. The summed E-state index contributed by atoms with van der Waals surface area (Å²) < 4.78 is 0. The van der Waals surface area contributed by atoms with E-state index in [-0.39, 0.29) is 17.0 Å². The van der Waals surface area contributed by atoms with Crippen LogP contribution in [0.5, 0.6) is 0 Å². The Bertz CT molecular complexity index is 462. The summed E-state index contributed by atoms with van der Waals surface area (Å²) in [6, 6.07) is 3.31. The average Bonchev–Trinajstić information content (AvgIpc) is 2.38. The van der Waals surface area contributed by atoms with Gasteiger partial charge in [-0.05, 0) is 45.1 Å². The first-order valence-corrected chi connectivity index (χ1v) is 6.97. The molecule has 2 rings (SSSR count). The maximum atomic E-state index is 12.1. The number of nitrogens with zero attached hydrogens (tertiary/aromatic N) is 1. The molecule has 1 aromatic rings. The second-order valence-electron chi connectivity index (χ2n) is 4.91. The summed E-state index contributed by atoms with van der Waals surface area (Å²) in [6.07, 6.45) is 1.91. The molecule has 0 aromatic heterocycles. The number of nitrogens with one attached hydrogen (secondary N) is 1. The van der Waals surface area contributed by atoms with Crippen LogP contribution in [0.4, 0.5) is 5.69 Å². The van der Waals surface area contributed by atoms with Gasteiger partial charge >= 0.3 is 0 Å². The van der Waals surface area contributed by atoms with Gasteiger partial charge in [-0.3, -0.25) is 4.79 Å². The zero-order valence-corrected chi connectivity index (χ0v) is 12.3. The van der Waals surface area contributed by atoms with E-state index in [0.717, 1.165) is 25.9 Å². The van der Waals surface area contributed by atoms with E-state index in [0.29, 0.717) is 16.3 Å². The predicted octanol–water partition coefficient (Wildman–Crippen LogP) is 2.40. The maximum absolute atomic E-state index is 12.1. The summed E-state index contributed by atoms with van der Waals surface area (Å²) in [6.45, 7) is 1.99. The Labute approximate surface area is 122 Å². The molecule has 3 N–H and O–H groups in total. The second-order valence-corrected chi connectivity index (χ2v) is 5.70. The summed E-state index contributed by atoms with van der Waals surface area (Å²) in [7, 11) is 2.08. The molecule has 1 saturated heterocycles. The molecular formula is C13H17Cl2N3O. The average molecular weight is 302 g/mol. The Hall–Kier alpha value is -0.970. The van der Waals surface area contributed by atoms with Gasteiger partial charge in [0, 0.05) is 11.6 Å². The van der Waals surface area contributed by atoms with Crippen LogP contribution in [-0.2, 0) is 0 Å². The van der Waals surface area contributed by atoms with Gasteiger partial charge in [-0.1, -0.05) is 23.2 Å². The number of hydrogen-bond donors (Lipinski definition) is 2. The van der Waals surface area contributed by atoms with Gasteiger partial charge in [0.15, 0.2) is 0 Å². The highest BCUT2D eigenvalue weighted by molar-refractivity contribution is 6.43. The first-order valence-electron chi connectivity index (χ1n) is 6.21. The molecule has 0 spiro atoms. The molecule has 1 fully saturated rings. The lowest BCUT2D eigenvalue weighted by Crippen LogP contribution is -2.43. The number of anilines is 1. The highest BCUT2D eigenvalue weighted by Gasteiger charge is 2.19. The van der Waals surface area contributed by atoms with E-state index in [2.05, 4.69) is 17.3 Å². The SMILES string of the molecule is CN1CCC(NC(=O)c2cc(N)c(Cl)c(Cl)c2)CC1. The van der Waals surface area contributed by atoms with Gasteiger partial charge in [0.1, 0.15) is 0 Å². The molecule has 19 heavy (non-hydrogen) atoms. The van der Waals surface area contributed by atoms with Crippen LogP contribution in [-0.4, -0.2) is 37.0 Å². The number of nitrogen functional groups attached to an aromatic ring is 1. The molecule has 104 valence electrons. The van der Waals surface area contributed by atoms with E-state index in [4.69, 9.17) is 28.9 Å². The van der Waals surface area contributed by atoms with Crippen molar-refractivity contribution in [3.8, 4) is 0 Å². The minimum Gasteiger partial charge on any atom is -0.397 e. The van der Waals surface area contributed by atoms with E-state index in [1.165, 1.54) is 0 Å². The largest absolute Gasteiger partial charge is 0.397 e. The highest BCUT2D eigenvalue weighted by Crippen LogP contribution is 2.29. The number of halogens is 2. The predicted molar refractivity (Wildman–Crippen MR) is 78.9 cm³/mol. The quantitative estimate of drug-likeness (QED) is 0.825. The molecule has 4 nitrogen and oxygen atoms in total. The lowest BCUT2D eigenvalue weighted by atomic mass is 10.0. The van der Waals surface area contributed by atoms with Gasteiger partial charge in [0.05, 0.1) is 15.7 Å². The number of rotatable bonds is 2. The summed E-state index contributed by atoms with van der Waals surface area (Å²) >= 11 is 11.8. The lowest BCUT2D eigenvalue weighted by Gasteiger charge is -2.29. The maximum Gasteiger partial charge on any atom is 0.251 e. The molecule has 0 unspecified atom stereocenters. The molecule has 0 saturated carbocycles. The first kappa shape index (κ1) is 14.4. The van der Waals surface area contributed by atoms with E-state index in [1.54, 1.807) is 12.1 Å². The third kappa shape index (κ3) is 3.53. The number of amides is 1. The van der Waals surface area contributed by atoms with Crippen molar-refractivity contribution in [1.29, 1.82) is 0 Å². The van der Waals surface area contributed by atoms with Crippen LogP contribution in [0.25, 0.3) is 0 Å². The van der Waals surface area contributed by atoms with Crippen LogP contribution in [0.1, 0.15) is 23.2 Å². The number of carbonyl (C=O) groups excluding carboxylic acids is 1. The molecule has 1 heterocycles.